The van der Waals surface area contributed by atoms with Crippen molar-refractivity contribution < 1.29 is 40.6 Å². The molecule has 0 saturated heterocycles. The van der Waals surface area contributed by atoms with E-state index in [2.05, 4.69) is 25.0 Å². The molecule has 1 aromatic carbocycles. The summed E-state index contributed by atoms with van der Waals surface area (Å²) in [6.45, 7) is 3.14. The smallest absolute Gasteiger partial charge is 0.462 e. The molecule has 0 bridgehead atoms. The minimum Gasteiger partial charge on any atom is -0.462 e. The fourth-order valence-corrected chi connectivity index (χ4v) is 3.55. The van der Waals surface area contributed by atoms with Crippen LogP contribution in [-0.2, 0) is 10.9 Å². The zero-order valence-electron chi connectivity index (χ0n) is 16.8. The van der Waals surface area contributed by atoms with E-state index in [0.29, 0.717) is 11.3 Å². The van der Waals surface area contributed by atoms with Crippen LogP contribution in [0.25, 0.3) is 10.6 Å². The van der Waals surface area contributed by atoms with Crippen LogP contribution >= 0.6 is 11.3 Å². The van der Waals surface area contributed by atoms with E-state index >= 15 is 0 Å². The molecule has 0 unspecified atom stereocenters. The number of nitrogens with one attached hydrogen (secondary N) is 1. The molecule has 0 amide bonds. The number of halogens is 6. The number of ether oxygens (including phenoxy) is 2. The summed E-state index contributed by atoms with van der Waals surface area (Å²) in [5, 5.41) is 2.36. The van der Waals surface area contributed by atoms with Gasteiger partial charge in [0.1, 0.15) is 15.6 Å². The Morgan fingerprint density at radius 1 is 1.09 bits per heavy atom. The number of benzene rings is 1. The molecule has 176 valence electrons. The first kappa shape index (κ1) is 24.2. The first-order chi connectivity index (χ1) is 15.4. The molecule has 7 nitrogen and oxygen atoms in total. The standard InChI is InChI=1S/C19H14F6N4O3S/c1-3-31-16(30)13-9(2)27-15(33-13)12-8-26-17(29-14(12)18(20,21)22)28-10-4-6-11(7-5-10)32-19(23,24)25/h4-8H,3H2,1-2H3,(H,26,28,29). The normalized spacial score (nSPS) is 11.9. The van der Waals surface area contributed by atoms with Gasteiger partial charge in [0.25, 0.3) is 0 Å². The summed E-state index contributed by atoms with van der Waals surface area (Å²) in [6, 6.07) is 4.26. The van der Waals surface area contributed by atoms with Gasteiger partial charge in [-0.25, -0.2) is 19.7 Å². The van der Waals surface area contributed by atoms with Gasteiger partial charge in [-0.2, -0.15) is 13.2 Å². The molecule has 33 heavy (non-hydrogen) atoms. The topological polar surface area (TPSA) is 86.2 Å². The molecule has 2 aromatic heterocycles. The molecule has 0 saturated carbocycles. The monoisotopic (exact) mass is 492 g/mol. The largest absolute Gasteiger partial charge is 0.573 e. The lowest BCUT2D eigenvalue weighted by Crippen LogP contribution is -2.17. The van der Waals surface area contributed by atoms with Crippen LogP contribution in [0.5, 0.6) is 5.75 Å². The zero-order chi connectivity index (χ0) is 24.4. The molecule has 0 radical (unpaired) electrons. The number of hydrogen-bond acceptors (Lipinski definition) is 8. The summed E-state index contributed by atoms with van der Waals surface area (Å²) < 4.78 is 86.4. The van der Waals surface area contributed by atoms with Crippen LogP contribution in [0.1, 0.15) is 28.0 Å². The Hall–Kier alpha value is -3.42. The summed E-state index contributed by atoms with van der Waals surface area (Å²) in [4.78, 5) is 23.4. The van der Waals surface area contributed by atoms with Gasteiger partial charge in [0.05, 0.1) is 17.9 Å². The molecule has 0 aliphatic carbocycles. The fourth-order valence-electron chi connectivity index (χ4n) is 2.58. The third-order valence-corrected chi connectivity index (χ3v) is 5.06. The van der Waals surface area contributed by atoms with Crippen molar-refractivity contribution in [2.24, 2.45) is 0 Å². The van der Waals surface area contributed by atoms with E-state index in [1.165, 1.54) is 6.92 Å². The molecular formula is C19H14F6N4O3S. The Morgan fingerprint density at radius 2 is 1.76 bits per heavy atom. The van der Waals surface area contributed by atoms with Crippen molar-refractivity contribution in [1.29, 1.82) is 0 Å². The molecule has 3 rings (SSSR count). The van der Waals surface area contributed by atoms with E-state index in [0.717, 1.165) is 30.5 Å². The number of anilines is 2. The summed E-state index contributed by atoms with van der Waals surface area (Å²) >= 11 is 0.715. The van der Waals surface area contributed by atoms with Crippen LogP contribution < -0.4 is 10.1 Å². The Morgan fingerprint density at radius 3 is 2.33 bits per heavy atom. The molecule has 0 spiro atoms. The van der Waals surface area contributed by atoms with Gasteiger partial charge in [-0.05, 0) is 38.1 Å². The van der Waals surface area contributed by atoms with Crippen LogP contribution in [0.3, 0.4) is 0 Å². The molecule has 2 heterocycles. The van der Waals surface area contributed by atoms with E-state index in [-0.39, 0.29) is 27.9 Å². The second kappa shape index (κ2) is 9.21. The lowest BCUT2D eigenvalue weighted by atomic mass is 10.2. The summed E-state index contributed by atoms with van der Waals surface area (Å²) in [5.41, 5.74) is -1.42. The highest BCUT2D eigenvalue weighted by atomic mass is 32.1. The number of aromatic nitrogens is 3. The Balaban J connectivity index is 1.91. The highest BCUT2D eigenvalue weighted by molar-refractivity contribution is 7.17. The molecule has 3 aromatic rings. The molecule has 14 heteroatoms. The number of carbonyl (C=O) groups excluding carboxylic acids is 1. The average molecular weight is 492 g/mol. The quantitative estimate of drug-likeness (QED) is 0.347. The molecule has 0 atom stereocenters. The molecule has 0 aliphatic rings. The van der Waals surface area contributed by atoms with Crippen molar-refractivity contribution in [2.75, 3.05) is 11.9 Å². The first-order valence-corrected chi connectivity index (χ1v) is 9.91. The van der Waals surface area contributed by atoms with Crippen molar-refractivity contribution in [1.82, 2.24) is 15.0 Å². The fraction of sp³-hybridized carbons (Fsp3) is 0.263. The van der Waals surface area contributed by atoms with E-state index in [1.807, 2.05) is 0 Å². The molecule has 0 fully saturated rings. The maximum Gasteiger partial charge on any atom is 0.573 e. The number of alkyl halides is 6. The van der Waals surface area contributed by atoms with Crippen molar-refractivity contribution in [3.63, 3.8) is 0 Å². The lowest BCUT2D eigenvalue weighted by Gasteiger charge is -2.13. The summed E-state index contributed by atoms with van der Waals surface area (Å²) in [5.74, 6) is -1.66. The molecular weight excluding hydrogens is 478 g/mol. The van der Waals surface area contributed by atoms with Gasteiger partial charge < -0.3 is 14.8 Å². The predicted octanol–water partition coefficient (Wildman–Crippen LogP) is 5.75. The minimum atomic E-state index is -4.89. The second-order valence-electron chi connectivity index (χ2n) is 6.30. The van der Waals surface area contributed by atoms with Gasteiger partial charge in [-0.3, -0.25) is 0 Å². The Bertz CT molecular complexity index is 1150. The third-order valence-electron chi connectivity index (χ3n) is 3.89. The third kappa shape index (κ3) is 6.09. The maximum absolute atomic E-state index is 13.7. The van der Waals surface area contributed by atoms with E-state index in [4.69, 9.17) is 4.74 Å². The maximum atomic E-state index is 13.7. The van der Waals surface area contributed by atoms with Crippen LogP contribution in [0, 0.1) is 6.92 Å². The van der Waals surface area contributed by atoms with Crippen LogP contribution in [0.15, 0.2) is 30.5 Å². The van der Waals surface area contributed by atoms with E-state index in [1.54, 1.807) is 6.92 Å². The number of carbonyl (C=O) groups is 1. The number of rotatable bonds is 6. The predicted molar refractivity (Wildman–Crippen MR) is 105 cm³/mol. The van der Waals surface area contributed by atoms with Crippen LogP contribution in [0.4, 0.5) is 38.0 Å². The van der Waals surface area contributed by atoms with Gasteiger partial charge in [0.2, 0.25) is 5.95 Å². The van der Waals surface area contributed by atoms with Gasteiger partial charge in [0.15, 0.2) is 5.69 Å². The van der Waals surface area contributed by atoms with Gasteiger partial charge in [0, 0.05) is 11.9 Å². The number of aryl methyl sites for hydroxylation is 1. The van der Waals surface area contributed by atoms with Crippen molar-refractivity contribution in [3.8, 4) is 16.3 Å². The average Bonchev–Trinajstić information content (AvgIpc) is 3.09. The van der Waals surface area contributed by atoms with Gasteiger partial charge in [-0.1, -0.05) is 0 Å². The van der Waals surface area contributed by atoms with Crippen LogP contribution in [-0.4, -0.2) is 33.9 Å². The minimum absolute atomic E-state index is 0.0586. The second-order valence-corrected chi connectivity index (χ2v) is 7.30. The highest BCUT2D eigenvalue weighted by Gasteiger charge is 2.38. The number of thiazole rings is 1. The van der Waals surface area contributed by atoms with Crippen molar-refractivity contribution in [3.05, 3.63) is 46.7 Å². The van der Waals surface area contributed by atoms with Crippen molar-refractivity contribution >= 4 is 28.9 Å². The lowest BCUT2D eigenvalue weighted by molar-refractivity contribution is -0.274. The summed E-state index contributed by atoms with van der Waals surface area (Å²) in [7, 11) is 0. The van der Waals surface area contributed by atoms with Crippen LogP contribution in [0.2, 0.25) is 0 Å². The molecule has 1 N–H and O–H groups in total. The number of esters is 1. The Kier molecular flexibility index (Phi) is 6.76. The molecule has 0 aliphatic heterocycles. The zero-order valence-corrected chi connectivity index (χ0v) is 17.7. The Labute approximate surface area is 186 Å². The first-order valence-electron chi connectivity index (χ1n) is 9.09. The van der Waals surface area contributed by atoms with Gasteiger partial charge >= 0.3 is 18.5 Å². The summed E-state index contributed by atoms with van der Waals surface area (Å²) in [6.07, 6.45) is -8.87. The number of hydrogen-bond donors (Lipinski definition) is 1. The van der Waals surface area contributed by atoms with E-state index < -0.39 is 41.5 Å². The van der Waals surface area contributed by atoms with Gasteiger partial charge in [-0.15, -0.1) is 24.5 Å². The number of nitrogens with zero attached hydrogens (tertiary/aromatic N) is 3. The highest BCUT2D eigenvalue weighted by Crippen LogP contribution is 2.38. The van der Waals surface area contributed by atoms with Crippen molar-refractivity contribution in [2.45, 2.75) is 26.4 Å². The van der Waals surface area contributed by atoms with E-state index in [9.17, 15) is 31.1 Å². The SMILES string of the molecule is CCOC(=O)c1sc(-c2cnc(Nc3ccc(OC(F)(F)F)cc3)nc2C(F)(F)F)nc1C.